The van der Waals surface area contributed by atoms with E-state index < -0.39 is 0 Å². The van der Waals surface area contributed by atoms with Gasteiger partial charge in [-0.1, -0.05) is 13.8 Å². The molecule has 4 aromatic rings. The van der Waals surface area contributed by atoms with Crippen LogP contribution in [0, 0.1) is 6.92 Å². The molecule has 0 unspecified atom stereocenters. The molecule has 0 amide bonds. The fraction of sp³-hybridized carbons (Fsp3) is 0.318. The molecule has 3 heterocycles. The summed E-state index contributed by atoms with van der Waals surface area (Å²) in [5.41, 5.74) is 3.61. The molecule has 6 nitrogen and oxygen atoms in total. The van der Waals surface area contributed by atoms with Crippen molar-refractivity contribution in [2.24, 2.45) is 0 Å². The van der Waals surface area contributed by atoms with Gasteiger partial charge in [0.2, 0.25) is 11.2 Å². The molecule has 0 radical (unpaired) electrons. The third kappa shape index (κ3) is 4.00. The van der Waals surface area contributed by atoms with E-state index >= 15 is 0 Å². The first-order valence-electron chi connectivity index (χ1n) is 9.68. The summed E-state index contributed by atoms with van der Waals surface area (Å²) in [5, 5.41) is 1.13. The van der Waals surface area contributed by atoms with Crippen LogP contribution in [0.15, 0.2) is 24.3 Å². The van der Waals surface area contributed by atoms with Gasteiger partial charge in [0.15, 0.2) is 11.5 Å². The van der Waals surface area contributed by atoms with Gasteiger partial charge in [-0.15, -0.1) is 11.3 Å². The van der Waals surface area contributed by atoms with Crippen LogP contribution >= 0.6 is 22.9 Å². The maximum atomic E-state index is 6.11. The Hall–Kier alpha value is -2.64. The Balaban J connectivity index is 0.00000124. The lowest BCUT2D eigenvalue weighted by Crippen LogP contribution is -1.96. The summed E-state index contributed by atoms with van der Waals surface area (Å²) in [7, 11) is 3.23. The Labute approximate surface area is 184 Å². The normalized spacial score (nSPS) is 10.6. The number of thiophene rings is 1. The molecule has 0 spiro atoms. The highest BCUT2D eigenvalue weighted by Gasteiger charge is 2.18. The maximum absolute atomic E-state index is 6.11. The van der Waals surface area contributed by atoms with Crippen molar-refractivity contribution >= 4 is 43.4 Å². The highest BCUT2D eigenvalue weighted by molar-refractivity contribution is 7.25. The average Bonchev–Trinajstić information content (AvgIpc) is 3.13. The minimum absolute atomic E-state index is 0.166. The van der Waals surface area contributed by atoms with Crippen LogP contribution in [0.2, 0.25) is 5.28 Å². The smallest absolute Gasteiger partial charge is 0.236 e. The van der Waals surface area contributed by atoms with E-state index in [9.17, 15) is 0 Å². The maximum Gasteiger partial charge on any atom is 0.236 e. The van der Waals surface area contributed by atoms with Gasteiger partial charge >= 0.3 is 0 Å². The van der Waals surface area contributed by atoms with Crippen molar-refractivity contribution < 1.29 is 14.2 Å². The van der Waals surface area contributed by atoms with Gasteiger partial charge in [-0.3, -0.25) is 0 Å². The number of fused-ring (bicyclic) bond motifs is 3. The van der Waals surface area contributed by atoms with E-state index in [2.05, 4.69) is 9.97 Å². The first-order chi connectivity index (χ1) is 14.5. The number of benzene rings is 1. The second-order valence-corrected chi connectivity index (χ2v) is 7.42. The summed E-state index contributed by atoms with van der Waals surface area (Å²) in [6.45, 7) is 8.45. The van der Waals surface area contributed by atoms with Crippen molar-refractivity contribution in [2.75, 3.05) is 20.8 Å². The molecular weight excluding hydrogens is 422 g/mol. The Morgan fingerprint density at radius 1 is 1.00 bits per heavy atom. The number of methoxy groups -OCH3 is 2. The molecule has 0 saturated carbocycles. The first kappa shape index (κ1) is 22.1. The van der Waals surface area contributed by atoms with Gasteiger partial charge in [0, 0.05) is 10.9 Å². The lowest BCUT2D eigenvalue weighted by atomic mass is 10.1. The van der Waals surface area contributed by atoms with Crippen LogP contribution in [0.3, 0.4) is 0 Å². The summed E-state index contributed by atoms with van der Waals surface area (Å²) in [4.78, 5) is 14.4. The van der Waals surface area contributed by atoms with Gasteiger partial charge < -0.3 is 14.2 Å². The molecule has 0 aliphatic carbocycles. The van der Waals surface area contributed by atoms with Gasteiger partial charge in [0.25, 0.3) is 0 Å². The molecule has 1 aromatic carbocycles. The second-order valence-electron chi connectivity index (χ2n) is 6.08. The Bertz CT molecular complexity index is 1190. The van der Waals surface area contributed by atoms with E-state index in [1.54, 1.807) is 14.2 Å². The molecule has 0 aliphatic heterocycles. The fourth-order valence-electron chi connectivity index (χ4n) is 3.15. The van der Waals surface area contributed by atoms with Crippen molar-refractivity contribution in [3.63, 3.8) is 0 Å². The number of nitrogens with zero attached hydrogens (tertiary/aromatic N) is 3. The number of rotatable bonds is 5. The fourth-order valence-corrected chi connectivity index (χ4v) is 4.44. The Morgan fingerprint density at radius 2 is 1.73 bits per heavy atom. The van der Waals surface area contributed by atoms with Crippen LogP contribution in [0.25, 0.3) is 31.7 Å². The first-order valence-corrected chi connectivity index (χ1v) is 10.9. The van der Waals surface area contributed by atoms with Crippen molar-refractivity contribution in [1.82, 2.24) is 15.0 Å². The summed E-state index contributed by atoms with van der Waals surface area (Å²) >= 11 is 7.62. The van der Waals surface area contributed by atoms with Gasteiger partial charge in [-0.25, -0.2) is 9.97 Å². The number of halogens is 1. The number of aromatic nitrogens is 3. The van der Waals surface area contributed by atoms with Gasteiger partial charge in [-0.2, -0.15) is 4.98 Å². The molecule has 0 bridgehead atoms. The van der Waals surface area contributed by atoms with E-state index in [4.69, 9.17) is 30.8 Å². The van der Waals surface area contributed by atoms with Crippen LogP contribution in [-0.4, -0.2) is 35.8 Å². The van der Waals surface area contributed by atoms with Gasteiger partial charge in [0.05, 0.1) is 32.0 Å². The van der Waals surface area contributed by atoms with E-state index in [-0.39, 0.29) is 5.28 Å². The van der Waals surface area contributed by atoms with Crippen molar-refractivity contribution in [3.8, 4) is 28.6 Å². The van der Waals surface area contributed by atoms with Crippen LogP contribution < -0.4 is 14.2 Å². The molecular formula is C22H24ClN3O3S. The minimum atomic E-state index is 0.166. The SMILES string of the molecule is CC.CCOc1nc(Cl)nc2c1sc1nc(-c3ccc(OC)c(OC)c3)cc(C)c12. The zero-order valence-electron chi connectivity index (χ0n) is 17.9. The molecule has 8 heteroatoms. The molecule has 0 N–H and O–H groups in total. The number of ether oxygens (including phenoxy) is 3. The molecule has 0 aliphatic rings. The lowest BCUT2D eigenvalue weighted by Gasteiger charge is -2.10. The summed E-state index contributed by atoms with van der Waals surface area (Å²) in [5.74, 6) is 1.83. The number of aryl methyl sites for hydroxylation is 1. The van der Waals surface area contributed by atoms with Crippen LogP contribution in [0.5, 0.6) is 17.4 Å². The molecule has 158 valence electrons. The minimum Gasteiger partial charge on any atom is -0.493 e. The standard InChI is InChI=1S/C20H18ClN3O3S.C2H6/c1-5-27-18-17-16(23-20(21)24-18)15-10(2)8-12(22-19(15)28-17)11-6-7-13(25-3)14(9-11)26-4;1-2/h6-9H,5H2,1-4H3;1-2H3. The summed E-state index contributed by atoms with van der Waals surface area (Å²) in [6.07, 6.45) is 0. The molecule has 4 rings (SSSR count). The van der Waals surface area contributed by atoms with E-state index in [1.807, 2.05) is 52.0 Å². The topological polar surface area (TPSA) is 66.4 Å². The highest BCUT2D eigenvalue weighted by Crippen LogP contribution is 2.40. The van der Waals surface area contributed by atoms with Crippen molar-refractivity contribution in [2.45, 2.75) is 27.7 Å². The van der Waals surface area contributed by atoms with Gasteiger partial charge in [0.1, 0.15) is 9.53 Å². The predicted molar refractivity (Wildman–Crippen MR) is 124 cm³/mol. The molecule has 30 heavy (non-hydrogen) atoms. The third-order valence-corrected chi connectivity index (χ3v) is 5.62. The van der Waals surface area contributed by atoms with Crippen LogP contribution in [-0.2, 0) is 0 Å². The number of hydrogen-bond acceptors (Lipinski definition) is 7. The van der Waals surface area contributed by atoms with E-state index in [0.29, 0.717) is 24.0 Å². The van der Waals surface area contributed by atoms with Crippen molar-refractivity contribution in [1.29, 1.82) is 0 Å². The summed E-state index contributed by atoms with van der Waals surface area (Å²) in [6, 6.07) is 7.79. The Morgan fingerprint density at radius 3 is 2.40 bits per heavy atom. The molecule has 0 fully saturated rings. The Kier molecular flexibility index (Phi) is 6.95. The number of pyridine rings is 1. The largest absolute Gasteiger partial charge is 0.493 e. The molecule has 0 atom stereocenters. The highest BCUT2D eigenvalue weighted by atomic mass is 35.5. The van der Waals surface area contributed by atoms with Crippen molar-refractivity contribution in [3.05, 3.63) is 35.1 Å². The zero-order chi connectivity index (χ0) is 21.8. The quantitative estimate of drug-likeness (QED) is 0.335. The lowest BCUT2D eigenvalue weighted by molar-refractivity contribution is 0.331. The average molecular weight is 446 g/mol. The third-order valence-electron chi connectivity index (χ3n) is 4.39. The monoisotopic (exact) mass is 445 g/mol. The predicted octanol–water partition coefficient (Wildman–Crippen LogP) is 6.31. The van der Waals surface area contributed by atoms with E-state index in [1.165, 1.54) is 11.3 Å². The zero-order valence-corrected chi connectivity index (χ0v) is 19.4. The summed E-state index contributed by atoms with van der Waals surface area (Å²) < 4.78 is 17.2. The van der Waals surface area contributed by atoms with Crippen LogP contribution in [0.4, 0.5) is 0 Å². The molecule has 0 saturated heterocycles. The second kappa shape index (κ2) is 9.45. The van der Waals surface area contributed by atoms with Gasteiger partial charge in [-0.05, 0) is 55.3 Å². The number of hydrogen-bond donors (Lipinski definition) is 0. The molecule has 3 aromatic heterocycles. The van der Waals surface area contributed by atoms with Crippen LogP contribution in [0.1, 0.15) is 26.3 Å². The van der Waals surface area contributed by atoms with E-state index in [0.717, 1.165) is 37.3 Å².